The maximum absolute atomic E-state index is 8.17. The number of rotatable bonds is 3. The molecule has 0 aliphatic rings. The number of hydrogen-bond acceptors (Lipinski definition) is 2. The molecule has 0 spiro atoms. The Morgan fingerprint density at radius 3 is 2.44 bits per heavy atom. The largest absolute Gasteiger partial charge is 0.348 e. The van der Waals surface area contributed by atoms with E-state index in [1.54, 1.807) is 0 Å². The van der Waals surface area contributed by atoms with E-state index < -0.39 is 8.07 Å². The van der Waals surface area contributed by atoms with Gasteiger partial charge in [0.2, 0.25) is 0 Å². The number of nitriles is 1. The molecular weight excluding hydrogens is 127 g/mol. The lowest BCUT2D eigenvalue weighted by Gasteiger charge is -2.14. The van der Waals surface area contributed by atoms with Crippen molar-refractivity contribution in [1.82, 2.24) is 5.23 Å². The molecular formula is C5H13BN2Si. The highest BCUT2D eigenvalue weighted by atomic mass is 28.3. The molecule has 0 saturated carbocycles. The van der Waals surface area contributed by atoms with E-state index in [1.807, 2.05) is 0 Å². The van der Waals surface area contributed by atoms with E-state index in [-0.39, 0.29) is 0 Å². The molecule has 0 fully saturated rings. The third kappa shape index (κ3) is 7.73. The van der Waals surface area contributed by atoms with Crippen LogP contribution in [-0.2, 0) is 0 Å². The van der Waals surface area contributed by atoms with Crippen molar-refractivity contribution in [1.29, 1.82) is 5.26 Å². The first-order valence-electron chi connectivity index (χ1n) is 3.14. The molecule has 0 aromatic heterocycles. The lowest BCUT2D eigenvalue weighted by molar-refractivity contribution is 1.13. The third-order valence-corrected chi connectivity index (χ3v) is 2.17. The molecule has 0 radical (unpaired) electrons. The van der Waals surface area contributed by atoms with Crippen LogP contribution < -0.4 is 5.23 Å². The van der Waals surface area contributed by atoms with E-state index in [2.05, 4.69) is 30.8 Å². The lowest BCUT2D eigenvalue weighted by Crippen LogP contribution is -2.38. The van der Waals surface area contributed by atoms with E-state index >= 15 is 0 Å². The van der Waals surface area contributed by atoms with Gasteiger partial charge in [0, 0.05) is 5.97 Å². The molecule has 9 heavy (non-hydrogen) atoms. The number of hydrogen-bond donors (Lipinski definition) is 1. The Labute approximate surface area is 58.5 Å². The number of nitrogens with zero attached hydrogens (tertiary/aromatic N) is 1. The van der Waals surface area contributed by atoms with Crippen LogP contribution in [0.25, 0.3) is 0 Å². The number of nitrogens with one attached hydrogen (secondary N) is 1. The predicted molar refractivity (Wildman–Crippen MR) is 44.1 cm³/mol. The third-order valence-electron chi connectivity index (χ3n) is 0.859. The topological polar surface area (TPSA) is 35.8 Å². The smallest absolute Gasteiger partial charge is 0.328 e. The summed E-state index contributed by atoms with van der Waals surface area (Å²) in [5, 5.41) is 11.2. The van der Waals surface area contributed by atoms with Crippen LogP contribution in [0.2, 0.25) is 19.6 Å². The van der Waals surface area contributed by atoms with Crippen LogP contribution in [0.1, 0.15) is 0 Å². The summed E-state index contributed by atoms with van der Waals surface area (Å²) in [6.45, 7) is 6.83. The van der Waals surface area contributed by atoms with Gasteiger partial charge in [0.25, 0.3) is 0 Å². The first kappa shape index (κ1) is 8.73. The highest BCUT2D eigenvalue weighted by Gasteiger charge is 2.10. The molecule has 2 nitrogen and oxygen atoms in total. The fraction of sp³-hybridized carbons (Fsp3) is 0.800. The van der Waals surface area contributed by atoms with E-state index in [4.69, 9.17) is 5.26 Å². The Morgan fingerprint density at radius 1 is 1.56 bits per heavy atom. The van der Waals surface area contributed by atoms with Crippen molar-refractivity contribution in [3.05, 3.63) is 0 Å². The Balaban J connectivity index is 3.20. The SMILES string of the molecule is C[Si](C)(C)CNBC#N. The highest BCUT2D eigenvalue weighted by molar-refractivity contribution is 6.76. The molecule has 0 saturated heterocycles. The standard InChI is InChI=1S/C5H13BN2Si/c1-9(2,3)5-8-6-4-7/h6,8H,5H2,1-3H3. The van der Waals surface area contributed by atoms with Gasteiger partial charge in [0.15, 0.2) is 0 Å². The molecule has 50 valence electrons. The van der Waals surface area contributed by atoms with Crippen molar-refractivity contribution in [3.63, 3.8) is 0 Å². The van der Waals surface area contributed by atoms with Gasteiger partial charge in [-0.25, -0.2) is 5.26 Å². The zero-order valence-electron chi connectivity index (χ0n) is 6.36. The Kier molecular flexibility index (Phi) is 3.59. The summed E-state index contributed by atoms with van der Waals surface area (Å²) >= 11 is 0. The first-order chi connectivity index (χ1) is 4.06. The van der Waals surface area contributed by atoms with E-state index in [1.165, 1.54) is 0 Å². The van der Waals surface area contributed by atoms with Gasteiger partial charge in [-0.15, -0.1) is 0 Å². The molecule has 0 heterocycles. The van der Waals surface area contributed by atoms with Crippen LogP contribution in [0.15, 0.2) is 0 Å². The summed E-state index contributed by atoms with van der Waals surface area (Å²) in [7, 11) is -0.466. The molecule has 0 aromatic carbocycles. The first-order valence-corrected chi connectivity index (χ1v) is 6.84. The molecule has 0 rings (SSSR count). The summed E-state index contributed by atoms with van der Waals surface area (Å²) in [5.74, 6) is 2.05. The zero-order valence-corrected chi connectivity index (χ0v) is 7.36. The highest BCUT2D eigenvalue weighted by Crippen LogP contribution is 1.95. The minimum atomic E-state index is -0.957. The average Bonchev–Trinajstić information content (AvgIpc) is 1.63. The molecule has 0 amide bonds. The second-order valence-electron chi connectivity index (χ2n) is 3.32. The molecule has 0 bridgehead atoms. The summed E-state index contributed by atoms with van der Waals surface area (Å²) in [5.41, 5.74) is 0. The van der Waals surface area contributed by atoms with Crippen LogP contribution in [-0.4, -0.2) is 21.7 Å². The van der Waals surface area contributed by atoms with Crippen LogP contribution in [0, 0.1) is 11.2 Å². The minimum absolute atomic E-state index is 0.490. The van der Waals surface area contributed by atoms with E-state index in [0.717, 1.165) is 6.17 Å². The minimum Gasteiger partial charge on any atom is -0.348 e. The van der Waals surface area contributed by atoms with Crippen molar-refractivity contribution in [3.8, 4) is 5.97 Å². The van der Waals surface area contributed by atoms with Gasteiger partial charge in [-0.05, 0) is 6.17 Å². The van der Waals surface area contributed by atoms with Gasteiger partial charge in [0.05, 0.1) is 8.07 Å². The fourth-order valence-corrected chi connectivity index (χ4v) is 1.37. The van der Waals surface area contributed by atoms with Crippen molar-refractivity contribution in [2.45, 2.75) is 19.6 Å². The summed E-state index contributed by atoms with van der Waals surface area (Å²) in [4.78, 5) is 0. The van der Waals surface area contributed by atoms with E-state index in [0.29, 0.717) is 7.41 Å². The maximum atomic E-state index is 8.17. The van der Waals surface area contributed by atoms with Gasteiger partial charge in [-0.1, -0.05) is 19.6 Å². The monoisotopic (exact) mass is 140 g/mol. The van der Waals surface area contributed by atoms with Crippen molar-refractivity contribution >= 4 is 15.5 Å². The molecule has 1 N–H and O–H groups in total. The van der Waals surface area contributed by atoms with E-state index in [9.17, 15) is 0 Å². The molecule has 0 unspecified atom stereocenters. The van der Waals surface area contributed by atoms with Crippen LogP contribution in [0.4, 0.5) is 0 Å². The van der Waals surface area contributed by atoms with Gasteiger partial charge >= 0.3 is 7.41 Å². The molecule has 0 aromatic rings. The summed E-state index contributed by atoms with van der Waals surface area (Å²) < 4.78 is 0. The molecule has 0 aliphatic heterocycles. The second kappa shape index (κ2) is 3.70. The van der Waals surface area contributed by atoms with Gasteiger partial charge in [0.1, 0.15) is 0 Å². The Morgan fingerprint density at radius 2 is 2.11 bits per heavy atom. The lowest BCUT2D eigenvalue weighted by atomic mass is 10.0. The van der Waals surface area contributed by atoms with Crippen molar-refractivity contribution < 1.29 is 0 Å². The van der Waals surface area contributed by atoms with Gasteiger partial charge in [-0.3, -0.25) is 0 Å². The van der Waals surface area contributed by atoms with Gasteiger partial charge in [-0.2, -0.15) is 0 Å². The normalized spacial score (nSPS) is 10.4. The molecule has 0 aliphatic carbocycles. The molecule has 4 heteroatoms. The van der Waals surface area contributed by atoms with Gasteiger partial charge < -0.3 is 5.23 Å². The zero-order chi connectivity index (χ0) is 7.33. The average molecular weight is 140 g/mol. The summed E-state index contributed by atoms with van der Waals surface area (Å²) in [6, 6.07) is 0. The van der Waals surface area contributed by atoms with Crippen molar-refractivity contribution in [2.75, 3.05) is 6.17 Å². The van der Waals surface area contributed by atoms with Crippen LogP contribution in [0.3, 0.4) is 0 Å². The Hall–Kier alpha value is -0.268. The summed E-state index contributed by atoms with van der Waals surface area (Å²) in [6.07, 6.45) is 1.04. The predicted octanol–water partition coefficient (Wildman–Crippen LogP) is 0.286. The second-order valence-corrected chi connectivity index (χ2v) is 8.80. The van der Waals surface area contributed by atoms with Crippen LogP contribution in [0.5, 0.6) is 0 Å². The fourth-order valence-electron chi connectivity index (χ4n) is 0.493. The maximum Gasteiger partial charge on any atom is 0.328 e. The molecule has 0 atom stereocenters. The van der Waals surface area contributed by atoms with Crippen molar-refractivity contribution in [2.24, 2.45) is 0 Å². The Bertz CT molecular complexity index is 113. The van der Waals surface area contributed by atoms with Crippen LogP contribution >= 0.6 is 0 Å². The quantitative estimate of drug-likeness (QED) is 0.451.